The molecule has 0 radical (unpaired) electrons. The Morgan fingerprint density at radius 2 is 1.95 bits per heavy atom. The minimum atomic E-state index is -0.611. The third-order valence-corrected chi connectivity index (χ3v) is 3.48. The molecular formula is C13H22N4O2S. The van der Waals surface area contributed by atoms with E-state index in [0.29, 0.717) is 5.13 Å². The summed E-state index contributed by atoms with van der Waals surface area (Å²) in [6, 6.07) is -0.611. The highest BCUT2D eigenvalue weighted by molar-refractivity contribution is 7.15. The number of hydrogen-bond acceptors (Lipinski definition) is 5. The fourth-order valence-corrected chi connectivity index (χ4v) is 2.16. The van der Waals surface area contributed by atoms with E-state index < -0.39 is 11.5 Å². The second-order valence-corrected chi connectivity index (χ2v) is 6.75. The first-order valence-electron chi connectivity index (χ1n) is 6.68. The summed E-state index contributed by atoms with van der Waals surface area (Å²) in [5.41, 5.74) is -0.522. The summed E-state index contributed by atoms with van der Waals surface area (Å²) >= 11 is 1.36. The SMILES string of the molecule is CCCc1nnc(NC(=O)C(C)NC(=O)C(C)(C)C)s1. The fraction of sp³-hybridized carbons (Fsp3) is 0.692. The lowest BCUT2D eigenvalue weighted by molar-refractivity contribution is -0.131. The van der Waals surface area contributed by atoms with Crippen LogP contribution >= 0.6 is 11.3 Å². The Morgan fingerprint density at radius 3 is 2.50 bits per heavy atom. The van der Waals surface area contributed by atoms with Gasteiger partial charge >= 0.3 is 0 Å². The molecule has 0 fully saturated rings. The third kappa shape index (κ3) is 4.88. The molecular weight excluding hydrogens is 276 g/mol. The average Bonchev–Trinajstić information content (AvgIpc) is 2.75. The molecule has 1 unspecified atom stereocenters. The second kappa shape index (κ2) is 6.78. The smallest absolute Gasteiger partial charge is 0.248 e. The van der Waals surface area contributed by atoms with Gasteiger partial charge in [0.15, 0.2) is 0 Å². The van der Waals surface area contributed by atoms with Gasteiger partial charge in [-0.3, -0.25) is 14.9 Å². The number of carbonyl (C=O) groups is 2. The number of nitrogens with one attached hydrogen (secondary N) is 2. The lowest BCUT2D eigenvalue weighted by Gasteiger charge is -2.21. The van der Waals surface area contributed by atoms with E-state index in [1.165, 1.54) is 11.3 Å². The molecule has 2 N–H and O–H groups in total. The molecule has 1 aromatic heterocycles. The number of hydrogen-bond donors (Lipinski definition) is 2. The van der Waals surface area contributed by atoms with Crippen molar-refractivity contribution >= 4 is 28.3 Å². The Balaban J connectivity index is 2.55. The summed E-state index contributed by atoms with van der Waals surface area (Å²) in [5.74, 6) is -0.453. The van der Waals surface area contributed by atoms with E-state index in [-0.39, 0.29) is 11.8 Å². The van der Waals surface area contributed by atoms with Crippen LogP contribution in [0.25, 0.3) is 0 Å². The van der Waals surface area contributed by atoms with Crippen molar-refractivity contribution < 1.29 is 9.59 Å². The molecule has 0 spiro atoms. The van der Waals surface area contributed by atoms with Crippen molar-refractivity contribution in [3.8, 4) is 0 Å². The Morgan fingerprint density at radius 1 is 1.30 bits per heavy atom. The molecule has 0 saturated heterocycles. The molecule has 1 heterocycles. The first-order valence-corrected chi connectivity index (χ1v) is 7.50. The van der Waals surface area contributed by atoms with Gasteiger partial charge in [-0.05, 0) is 13.3 Å². The summed E-state index contributed by atoms with van der Waals surface area (Å²) in [5, 5.41) is 14.6. The predicted molar refractivity (Wildman–Crippen MR) is 79.6 cm³/mol. The molecule has 112 valence electrons. The summed E-state index contributed by atoms with van der Waals surface area (Å²) in [4.78, 5) is 23.8. The Hall–Kier alpha value is -1.50. The van der Waals surface area contributed by atoms with Crippen LogP contribution in [0, 0.1) is 5.41 Å². The van der Waals surface area contributed by atoms with Gasteiger partial charge in [-0.1, -0.05) is 39.0 Å². The molecule has 0 aromatic carbocycles. The number of aromatic nitrogens is 2. The number of anilines is 1. The largest absolute Gasteiger partial charge is 0.344 e. The van der Waals surface area contributed by atoms with Crippen molar-refractivity contribution in [1.29, 1.82) is 0 Å². The van der Waals surface area contributed by atoms with E-state index in [0.717, 1.165) is 17.8 Å². The van der Waals surface area contributed by atoms with E-state index in [4.69, 9.17) is 0 Å². The van der Waals surface area contributed by atoms with E-state index >= 15 is 0 Å². The highest BCUT2D eigenvalue weighted by Gasteiger charge is 2.25. The lowest BCUT2D eigenvalue weighted by atomic mass is 9.95. The van der Waals surface area contributed by atoms with Gasteiger partial charge in [0.2, 0.25) is 16.9 Å². The number of aryl methyl sites for hydroxylation is 1. The first-order chi connectivity index (χ1) is 9.24. The standard InChI is InChI=1S/C13H22N4O2S/c1-6-7-9-16-17-12(20-9)15-10(18)8(2)14-11(19)13(3,4)5/h8H,6-7H2,1-5H3,(H,14,19)(H,15,17,18). The quantitative estimate of drug-likeness (QED) is 0.870. The van der Waals surface area contributed by atoms with E-state index in [1.807, 2.05) is 0 Å². The zero-order chi connectivity index (χ0) is 15.3. The summed E-state index contributed by atoms with van der Waals surface area (Å²) < 4.78 is 0. The summed E-state index contributed by atoms with van der Waals surface area (Å²) in [6.07, 6.45) is 1.84. The number of rotatable bonds is 5. The zero-order valence-electron chi connectivity index (χ0n) is 12.6. The maximum atomic E-state index is 12.0. The molecule has 0 aliphatic carbocycles. The van der Waals surface area contributed by atoms with Gasteiger partial charge in [-0.15, -0.1) is 10.2 Å². The number of carbonyl (C=O) groups excluding carboxylic acids is 2. The van der Waals surface area contributed by atoms with Gasteiger partial charge in [0.05, 0.1) is 0 Å². The Kier molecular flexibility index (Phi) is 5.62. The van der Waals surface area contributed by atoms with Crippen LogP contribution in [0.5, 0.6) is 0 Å². The van der Waals surface area contributed by atoms with E-state index in [9.17, 15) is 9.59 Å². The molecule has 0 aliphatic rings. The van der Waals surface area contributed by atoms with Gasteiger partial charge in [0, 0.05) is 11.8 Å². The Bertz CT molecular complexity index is 479. The maximum absolute atomic E-state index is 12.0. The van der Waals surface area contributed by atoms with Crippen LogP contribution in [0.3, 0.4) is 0 Å². The van der Waals surface area contributed by atoms with Crippen LogP contribution in [-0.2, 0) is 16.0 Å². The lowest BCUT2D eigenvalue weighted by Crippen LogP contribution is -2.46. The highest BCUT2D eigenvalue weighted by Crippen LogP contribution is 2.17. The summed E-state index contributed by atoms with van der Waals surface area (Å²) in [7, 11) is 0. The van der Waals surface area contributed by atoms with Crippen LogP contribution in [-0.4, -0.2) is 28.1 Å². The fourth-order valence-electron chi connectivity index (χ4n) is 1.31. The molecule has 0 aliphatic heterocycles. The molecule has 1 atom stereocenters. The van der Waals surface area contributed by atoms with Crippen LogP contribution in [0.2, 0.25) is 0 Å². The topological polar surface area (TPSA) is 84.0 Å². The average molecular weight is 298 g/mol. The maximum Gasteiger partial charge on any atom is 0.248 e. The third-order valence-electron chi connectivity index (χ3n) is 2.58. The van der Waals surface area contributed by atoms with Gasteiger partial charge in [-0.25, -0.2) is 0 Å². The van der Waals surface area contributed by atoms with Gasteiger partial charge in [0.1, 0.15) is 11.0 Å². The molecule has 20 heavy (non-hydrogen) atoms. The molecule has 0 bridgehead atoms. The van der Waals surface area contributed by atoms with Gasteiger partial charge in [-0.2, -0.15) is 0 Å². The van der Waals surface area contributed by atoms with Crippen molar-refractivity contribution in [3.05, 3.63) is 5.01 Å². The predicted octanol–water partition coefficient (Wildman–Crippen LogP) is 1.98. The molecule has 0 saturated carbocycles. The molecule has 1 rings (SSSR count). The highest BCUT2D eigenvalue weighted by atomic mass is 32.1. The van der Waals surface area contributed by atoms with Gasteiger partial charge < -0.3 is 5.32 Å². The first kappa shape index (κ1) is 16.6. The number of nitrogens with zero attached hydrogens (tertiary/aromatic N) is 2. The monoisotopic (exact) mass is 298 g/mol. The van der Waals surface area contributed by atoms with Crippen LogP contribution in [0.1, 0.15) is 46.0 Å². The van der Waals surface area contributed by atoms with Crippen LogP contribution in [0.4, 0.5) is 5.13 Å². The minimum absolute atomic E-state index is 0.163. The summed E-state index contributed by atoms with van der Waals surface area (Å²) in [6.45, 7) is 9.11. The second-order valence-electron chi connectivity index (χ2n) is 5.69. The van der Waals surface area contributed by atoms with E-state index in [2.05, 4.69) is 27.8 Å². The van der Waals surface area contributed by atoms with Crippen molar-refractivity contribution in [2.75, 3.05) is 5.32 Å². The molecule has 6 nitrogen and oxygen atoms in total. The van der Waals surface area contributed by atoms with Crippen LogP contribution in [0.15, 0.2) is 0 Å². The van der Waals surface area contributed by atoms with E-state index in [1.54, 1.807) is 27.7 Å². The zero-order valence-corrected chi connectivity index (χ0v) is 13.4. The van der Waals surface area contributed by atoms with Crippen molar-refractivity contribution in [2.45, 2.75) is 53.5 Å². The minimum Gasteiger partial charge on any atom is -0.344 e. The molecule has 2 amide bonds. The number of amides is 2. The normalized spacial score (nSPS) is 12.8. The van der Waals surface area contributed by atoms with Gasteiger partial charge in [0.25, 0.3) is 0 Å². The van der Waals surface area contributed by atoms with Crippen molar-refractivity contribution in [1.82, 2.24) is 15.5 Å². The molecule has 7 heteroatoms. The van der Waals surface area contributed by atoms with Crippen molar-refractivity contribution in [2.24, 2.45) is 5.41 Å². The Labute approximate surface area is 123 Å². The van der Waals surface area contributed by atoms with Crippen molar-refractivity contribution in [3.63, 3.8) is 0 Å². The van der Waals surface area contributed by atoms with Crippen LogP contribution < -0.4 is 10.6 Å². The molecule has 1 aromatic rings.